The summed E-state index contributed by atoms with van der Waals surface area (Å²) in [5, 5.41) is 10.1. The molecule has 2 saturated carbocycles. The third kappa shape index (κ3) is 7.64. The van der Waals surface area contributed by atoms with Gasteiger partial charge in [-0.1, -0.05) is 45.1 Å². The van der Waals surface area contributed by atoms with Gasteiger partial charge in [0.2, 0.25) is 0 Å². The zero-order valence-electron chi connectivity index (χ0n) is 26.3. The van der Waals surface area contributed by atoms with E-state index in [1.54, 1.807) is 12.1 Å². The SMILES string of the molecule is CN(CCCCCCCC(F)(F)C(F)(F)C(F)(F)F)CCCCC[C@@H]1Cc2cc(O)ccc2[C@@H]2[C@@H]1[C@@H]1CCC(=O)[C@@]1(C)C[C@@H]2F. The Labute approximate surface area is 261 Å². The van der Waals surface area contributed by atoms with Gasteiger partial charge in [0.25, 0.3) is 0 Å². The molecular weight excluding hydrogens is 606 g/mol. The van der Waals surface area contributed by atoms with E-state index in [9.17, 15) is 40.6 Å². The number of carbonyl (C=O) groups excluding carboxylic acids is 1. The van der Waals surface area contributed by atoms with Crippen molar-refractivity contribution in [3.05, 3.63) is 29.3 Å². The molecule has 256 valence electrons. The van der Waals surface area contributed by atoms with Gasteiger partial charge >= 0.3 is 18.0 Å². The minimum atomic E-state index is -6.27. The Hall–Kier alpha value is -1.91. The summed E-state index contributed by atoms with van der Waals surface area (Å²) in [6.45, 7) is 3.59. The van der Waals surface area contributed by atoms with Crippen molar-refractivity contribution >= 4 is 5.78 Å². The molecule has 1 aromatic carbocycles. The maximum absolute atomic E-state index is 15.9. The van der Waals surface area contributed by atoms with Crippen molar-refractivity contribution in [2.24, 2.45) is 23.2 Å². The van der Waals surface area contributed by atoms with E-state index in [4.69, 9.17) is 0 Å². The molecule has 0 amide bonds. The fourth-order valence-corrected chi connectivity index (χ4v) is 8.53. The lowest BCUT2D eigenvalue weighted by Crippen LogP contribution is -2.51. The van der Waals surface area contributed by atoms with E-state index in [0.717, 1.165) is 69.2 Å². The van der Waals surface area contributed by atoms with Crippen LogP contribution in [0.5, 0.6) is 5.75 Å². The molecule has 0 spiro atoms. The van der Waals surface area contributed by atoms with E-state index in [2.05, 4.69) is 4.90 Å². The number of benzene rings is 1. The molecule has 45 heavy (non-hydrogen) atoms. The van der Waals surface area contributed by atoms with Crippen molar-refractivity contribution in [1.29, 1.82) is 0 Å². The Bertz CT molecular complexity index is 1160. The van der Waals surface area contributed by atoms with Crippen molar-refractivity contribution in [2.45, 2.75) is 127 Å². The van der Waals surface area contributed by atoms with Gasteiger partial charge in [-0.15, -0.1) is 0 Å². The summed E-state index contributed by atoms with van der Waals surface area (Å²) in [6, 6.07) is 5.29. The first kappa shape index (κ1) is 35.9. The molecule has 3 aliphatic rings. The number of phenols is 1. The van der Waals surface area contributed by atoms with E-state index in [0.29, 0.717) is 19.3 Å². The van der Waals surface area contributed by atoms with E-state index in [-0.39, 0.29) is 48.0 Å². The van der Waals surface area contributed by atoms with E-state index in [1.807, 2.05) is 20.0 Å². The van der Waals surface area contributed by atoms with Crippen molar-refractivity contribution in [3.63, 3.8) is 0 Å². The van der Waals surface area contributed by atoms with Crippen LogP contribution in [0.3, 0.4) is 0 Å². The Balaban J connectivity index is 1.17. The van der Waals surface area contributed by atoms with Crippen molar-refractivity contribution in [3.8, 4) is 5.75 Å². The highest BCUT2D eigenvalue weighted by molar-refractivity contribution is 5.87. The van der Waals surface area contributed by atoms with Gasteiger partial charge < -0.3 is 10.0 Å². The maximum atomic E-state index is 15.9. The summed E-state index contributed by atoms with van der Waals surface area (Å²) in [5.74, 6) is -10.5. The number of carbonyl (C=O) groups is 1. The van der Waals surface area contributed by atoms with Crippen molar-refractivity contribution in [1.82, 2.24) is 4.90 Å². The highest BCUT2D eigenvalue weighted by atomic mass is 19.4. The smallest absolute Gasteiger partial charge is 0.459 e. The molecule has 0 unspecified atom stereocenters. The average molecular weight is 654 g/mol. The predicted molar refractivity (Wildman–Crippen MR) is 156 cm³/mol. The first-order chi connectivity index (χ1) is 21.0. The molecular formula is C34H47F8NO2. The third-order valence-corrected chi connectivity index (χ3v) is 11.0. The fraction of sp³-hybridized carbons (Fsp3) is 0.794. The van der Waals surface area contributed by atoms with Crippen LogP contribution in [0.1, 0.15) is 107 Å². The lowest BCUT2D eigenvalue weighted by Gasteiger charge is -2.53. The van der Waals surface area contributed by atoms with Crippen molar-refractivity contribution in [2.75, 3.05) is 20.1 Å². The monoisotopic (exact) mass is 653 g/mol. The maximum Gasteiger partial charge on any atom is 0.459 e. The van der Waals surface area contributed by atoms with Crippen LogP contribution in [0.15, 0.2) is 18.2 Å². The third-order valence-electron chi connectivity index (χ3n) is 11.0. The van der Waals surface area contributed by atoms with Crippen LogP contribution in [0.4, 0.5) is 35.1 Å². The van der Waals surface area contributed by atoms with Gasteiger partial charge in [0.15, 0.2) is 0 Å². The molecule has 3 aliphatic carbocycles. The van der Waals surface area contributed by atoms with Gasteiger partial charge in [0, 0.05) is 24.2 Å². The molecule has 0 saturated heterocycles. The lowest BCUT2D eigenvalue weighted by atomic mass is 9.51. The molecule has 1 N–H and O–H groups in total. The van der Waals surface area contributed by atoms with Crippen LogP contribution in [-0.2, 0) is 11.2 Å². The molecule has 11 heteroatoms. The lowest BCUT2D eigenvalue weighted by molar-refractivity contribution is -0.355. The first-order valence-electron chi connectivity index (χ1n) is 16.5. The Morgan fingerprint density at radius 1 is 0.933 bits per heavy atom. The fourth-order valence-electron chi connectivity index (χ4n) is 8.53. The number of hydrogen-bond donors (Lipinski definition) is 1. The number of aromatic hydroxyl groups is 1. The topological polar surface area (TPSA) is 40.5 Å². The van der Waals surface area contributed by atoms with Gasteiger partial charge in [-0.05, 0) is 106 Å². The zero-order valence-corrected chi connectivity index (χ0v) is 26.3. The second-order valence-electron chi connectivity index (χ2n) is 14.1. The number of phenolic OH excluding ortho intramolecular Hbond substituents is 1. The molecule has 4 rings (SSSR count). The number of rotatable bonds is 15. The second kappa shape index (κ2) is 14.1. The van der Waals surface area contributed by atoms with E-state index >= 15 is 4.39 Å². The molecule has 1 aromatic rings. The van der Waals surface area contributed by atoms with Crippen LogP contribution < -0.4 is 0 Å². The molecule has 0 aliphatic heterocycles. The number of halogens is 8. The summed E-state index contributed by atoms with van der Waals surface area (Å²) in [7, 11) is 1.98. The molecule has 0 radical (unpaired) electrons. The number of hydrogen-bond acceptors (Lipinski definition) is 3. The Morgan fingerprint density at radius 2 is 1.56 bits per heavy atom. The van der Waals surface area contributed by atoms with Crippen LogP contribution in [0.25, 0.3) is 0 Å². The number of Topliss-reactive ketones (excluding diaryl/α,β-unsaturated/α-hetero) is 1. The summed E-state index contributed by atoms with van der Waals surface area (Å²) in [4.78, 5) is 15.0. The van der Waals surface area contributed by atoms with E-state index < -0.39 is 42.4 Å². The molecule has 0 heterocycles. The quantitative estimate of drug-likeness (QED) is 0.151. The Morgan fingerprint density at radius 3 is 2.22 bits per heavy atom. The van der Waals surface area contributed by atoms with Crippen LogP contribution in [-0.4, -0.2) is 60.1 Å². The summed E-state index contributed by atoms with van der Waals surface area (Å²) >= 11 is 0. The Kier molecular flexibility index (Phi) is 11.2. The number of ketones is 1. The van der Waals surface area contributed by atoms with Gasteiger partial charge in [0.05, 0.1) is 0 Å². The summed E-state index contributed by atoms with van der Waals surface area (Å²) in [6.07, 6.45) is -0.916. The summed E-state index contributed by atoms with van der Waals surface area (Å²) in [5.41, 5.74) is 1.41. The van der Waals surface area contributed by atoms with Crippen LogP contribution >= 0.6 is 0 Å². The highest BCUT2D eigenvalue weighted by Gasteiger charge is 2.72. The second-order valence-corrected chi connectivity index (χ2v) is 14.1. The number of unbranched alkanes of at least 4 members (excludes halogenated alkanes) is 6. The normalized spacial score (nSPS) is 28.7. The molecule has 0 bridgehead atoms. The van der Waals surface area contributed by atoms with Crippen LogP contribution in [0.2, 0.25) is 0 Å². The molecule has 6 atom stereocenters. The van der Waals surface area contributed by atoms with Gasteiger partial charge in [0.1, 0.15) is 17.7 Å². The number of nitrogens with zero attached hydrogens (tertiary/aromatic N) is 1. The van der Waals surface area contributed by atoms with E-state index in [1.165, 1.54) is 0 Å². The first-order valence-corrected chi connectivity index (χ1v) is 16.5. The minimum absolute atomic E-state index is 0.109. The number of fused-ring (bicyclic) bond motifs is 5. The van der Waals surface area contributed by atoms with Crippen molar-refractivity contribution < 1.29 is 45.0 Å². The minimum Gasteiger partial charge on any atom is -0.508 e. The summed E-state index contributed by atoms with van der Waals surface area (Å²) < 4.78 is 105. The van der Waals surface area contributed by atoms with Gasteiger partial charge in [-0.2, -0.15) is 30.7 Å². The molecule has 3 nitrogen and oxygen atoms in total. The van der Waals surface area contributed by atoms with Gasteiger partial charge in [-0.3, -0.25) is 4.79 Å². The zero-order chi connectivity index (χ0) is 33.2. The highest BCUT2D eigenvalue weighted by Crippen LogP contribution is 2.62. The predicted octanol–water partition coefficient (Wildman–Crippen LogP) is 9.66. The van der Waals surface area contributed by atoms with Gasteiger partial charge in [-0.25, -0.2) is 4.39 Å². The standard InChI is InChI=1S/C34H47F8NO2/c1-31-21-27(35)30-25-13-12-24(44)20-23(25)19-22(29(30)26(31)14-15-28(31)45)11-7-6-10-18-43(2)17-9-5-3-4-8-16-32(36,37)33(38,39)34(40,41)42/h12-13,20,22,26-27,29-30,44H,3-11,14-19,21H2,1-2H3/t22-,26+,27+,29+,30+,31+/m1/s1. The average Bonchev–Trinajstić information content (AvgIpc) is 3.24. The van der Waals surface area contributed by atoms with Crippen LogP contribution in [0, 0.1) is 23.2 Å². The largest absolute Gasteiger partial charge is 0.508 e. The molecule has 2 fully saturated rings. The molecule has 0 aromatic heterocycles. The number of alkyl halides is 8.